The van der Waals surface area contributed by atoms with Gasteiger partial charge in [0.15, 0.2) is 5.82 Å². The molecule has 2 aromatic carbocycles. The summed E-state index contributed by atoms with van der Waals surface area (Å²) in [6.07, 6.45) is 1.90. The van der Waals surface area contributed by atoms with E-state index in [0.717, 1.165) is 33.5 Å². The van der Waals surface area contributed by atoms with Crippen molar-refractivity contribution in [3.05, 3.63) is 79.0 Å². The van der Waals surface area contributed by atoms with Crippen LogP contribution in [0.2, 0.25) is 0 Å². The van der Waals surface area contributed by atoms with E-state index in [1.165, 1.54) is 5.39 Å². The van der Waals surface area contributed by atoms with Gasteiger partial charge in [0, 0.05) is 5.39 Å². The smallest absolute Gasteiger partial charge is 0.163 e. The van der Waals surface area contributed by atoms with Gasteiger partial charge < -0.3 is 0 Å². The average Bonchev–Trinajstić information content (AvgIpc) is 3.06. The van der Waals surface area contributed by atoms with Crippen molar-refractivity contribution in [3.63, 3.8) is 0 Å². The molecule has 0 saturated carbocycles. The molecule has 0 fully saturated rings. The minimum atomic E-state index is 0.877. The molecule has 0 amide bonds. The summed E-state index contributed by atoms with van der Waals surface area (Å²) >= 11 is 0. The Bertz CT molecular complexity index is 1170. The molecular formula is C20H13N3. The number of hydrogen-bond acceptors (Lipinski definition) is 2. The second-order valence-electron chi connectivity index (χ2n) is 5.62. The number of imidazole rings is 1. The van der Waals surface area contributed by atoms with Crippen molar-refractivity contribution in [2.24, 2.45) is 0 Å². The molecule has 0 aliphatic heterocycles. The Morgan fingerprint density at radius 1 is 0.696 bits per heavy atom. The summed E-state index contributed by atoms with van der Waals surface area (Å²) in [5.41, 5.74) is 4.10. The van der Waals surface area contributed by atoms with Crippen molar-refractivity contribution in [2.45, 2.75) is 0 Å². The van der Waals surface area contributed by atoms with Crippen molar-refractivity contribution in [2.75, 3.05) is 0 Å². The van der Waals surface area contributed by atoms with Crippen LogP contribution in [-0.2, 0) is 0 Å². The normalized spacial score (nSPS) is 11.5. The van der Waals surface area contributed by atoms with Crippen LogP contribution in [0, 0.1) is 0 Å². The molecule has 0 unspecified atom stereocenters. The maximum absolute atomic E-state index is 4.79. The number of nitrogens with zero attached hydrogens (tertiary/aromatic N) is 3. The standard InChI is InChI=1S/C20H13N3/c1-3-7-17-14(5-1)10-12-18(22-17)20-21-13-16-11-9-15-6-2-4-8-19(15)23(16)20/h1-13H. The lowest BCUT2D eigenvalue weighted by molar-refractivity contribution is 1.18. The summed E-state index contributed by atoms with van der Waals surface area (Å²) in [5, 5.41) is 2.34. The molecule has 0 aliphatic rings. The maximum atomic E-state index is 4.79. The van der Waals surface area contributed by atoms with Crippen LogP contribution >= 0.6 is 0 Å². The molecule has 0 saturated heterocycles. The summed E-state index contributed by atoms with van der Waals surface area (Å²) in [6, 6.07) is 24.9. The van der Waals surface area contributed by atoms with Gasteiger partial charge in [-0.05, 0) is 29.7 Å². The highest BCUT2D eigenvalue weighted by molar-refractivity contribution is 5.86. The van der Waals surface area contributed by atoms with E-state index in [4.69, 9.17) is 4.98 Å². The van der Waals surface area contributed by atoms with Crippen molar-refractivity contribution >= 4 is 27.3 Å². The van der Waals surface area contributed by atoms with Crippen molar-refractivity contribution < 1.29 is 0 Å². The van der Waals surface area contributed by atoms with E-state index >= 15 is 0 Å². The SMILES string of the molecule is c1ccc2nc(-c3ncc4ccc5ccccc5n34)ccc2c1. The second-order valence-corrected chi connectivity index (χ2v) is 5.62. The lowest BCUT2D eigenvalue weighted by Crippen LogP contribution is -1.94. The molecule has 0 N–H and O–H groups in total. The monoisotopic (exact) mass is 295 g/mol. The van der Waals surface area contributed by atoms with Crippen LogP contribution in [0.4, 0.5) is 0 Å². The zero-order valence-corrected chi connectivity index (χ0v) is 12.3. The Hall–Kier alpha value is -3.20. The molecule has 3 heterocycles. The third-order valence-corrected chi connectivity index (χ3v) is 4.23. The summed E-state index contributed by atoms with van der Waals surface area (Å²) in [6.45, 7) is 0. The van der Waals surface area contributed by atoms with E-state index in [0.29, 0.717) is 0 Å². The first-order valence-corrected chi connectivity index (χ1v) is 7.61. The third-order valence-electron chi connectivity index (χ3n) is 4.23. The Balaban J connectivity index is 1.86. The zero-order valence-electron chi connectivity index (χ0n) is 12.3. The predicted molar refractivity (Wildman–Crippen MR) is 93.4 cm³/mol. The lowest BCUT2D eigenvalue weighted by atomic mass is 10.2. The molecule has 0 spiro atoms. The Morgan fingerprint density at radius 3 is 2.43 bits per heavy atom. The first-order chi connectivity index (χ1) is 11.4. The highest BCUT2D eigenvalue weighted by atomic mass is 15.0. The van der Waals surface area contributed by atoms with Crippen molar-refractivity contribution in [3.8, 4) is 11.5 Å². The maximum Gasteiger partial charge on any atom is 0.163 e. The van der Waals surface area contributed by atoms with Crippen LogP contribution in [0.1, 0.15) is 0 Å². The molecule has 0 bridgehead atoms. The van der Waals surface area contributed by atoms with Crippen LogP contribution in [0.15, 0.2) is 79.0 Å². The molecule has 3 heteroatoms. The Labute approximate surface area is 132 Å². The molecule has 23 heavy (non-hydrogen) atoms. The zero-order chi connectivity index (χ0) is 15.2. The van der Waals surface area contributed by atoms with E-state index in [9.17, 15) is 0 Å². The minimum Gasteiger partial charge on any atom is -0.291 e. The molecular weight excluding hydrogens is 282 g/mol. The van der Waals surface area contributed by atoms with E-state index < -0.39 is 0 Å². The van der Waals surface area contributed by atoms with E-state index in [2.05, 4.69) is 57.9 Å². The number of aromatic nitrogens is 3. The van der Waals surface area contributed by atoms with Crippen LogP contribution in [-0.4, -0.2) is 14.4 Å². The Kier molecular flexibility index (Phi) is 2.50. The number of rotatable bonds is 1. The van der Waals surface area contributed by atoms with Crippen LogP contribution < -0.4 is 0 Å². The molecule has 0 atom stereocenters. The Morgan fingerprint density at radius 2 is 1.48 bits per heavy atom. The highest BCUT2D eigenvalue weighted by Gasteiger charge is 2.10. The van der Waals surface area contributed by atoms with Gasteiger partial charge in [-0.15, -0.1) is 0 Å². The number of fused-ring (bicyclic) bond motifs is 4. The van der Waals surface area contributed by atoms with Gasteiger partial charge in [-0.25, -0.2) is 9.97 Å². The summed E-state index contributed by atoms with van der Waals surface area (Å²) in [4.78, 5) is 9.41. The van der Waals surface area contributed by atoms with Crippen LogP contribution in [0.25, 0.3) is 38.8 Å². The van der Waals surface area contributed by atoms with Crippen LogP contribution in [0.5, 0.6) is 0 Å². The first kappa shape index (κ1) is 12.4. The second kappa shape index (κ2) is 4.65. The molecule has 108 valence electrons. The summed E-state index contributed by atoms with van der Waals surface area (Å²) in [5.74, 6) is 0.877. The van der Waals surface area contributed by atoms with Gasteiger partial charge >= 0.3 is 0 Å². The number of benzene rings is 2. The number of hydrogen-bond donors (Lipinski definition) is 0. The minimum absolute atomic E-state index is 0.877. The summed E-state index contributed by atoms with van der Waals surface area (Å²) in [7, 11) is 0. The topological polar surface area (TPSA) is 30.2 Å². The fourth-order valence-electron chi connectivity index (χ4n) is 3.11. The first-order valence-electron chi connectivity index (χ1n) is 7.61. The molecule has 3 aromatic heterocycles. The predicted octanol–water partition coefficient (Wildman–Crippen LogP) is 4.70. The van der Waals surface area contributed by atoms with E-state index in [1.807, 2.05) is 30.5 Å². The van der Waals surface area contributed by atoms with Gasteiger partial charge in [0.2, 0.25) is 0 Å². The van der Waals surface area contributed by atoms with Gasteiger partial charge in [0.05, 0.1) is 22.7 Å². The van der Waals surface area contributed by atoms with Gasteiger partial charge in [0.25, 0.3) is 0 Å². The van der Waals surface area contributed by atoms with Gasteiger partial charge in [-0.3, -0.25) is 4.40 Å². The number of pyridine rings is 2. The lowest BCUT2D eigenvalue weighted by Gasteiger charge is -2.06. The van der Waals surface area contributed by atoms with Gasteiger partial charge in [-0.2, -0.15) is 0 Å². The van der Waals surface area contributed by atoms with E-state index in [-0.39, 0.29) is 0 Å². The summed E-state index contributed by atoms with van der Waals surface area (Å²) < 4.78 is 2.17. The average molecular weight is 295 g/mol. The quantitative estimate of drug-likeness (QED) is 0.448. The van der Waals surface area contributed by atoms with Crippen LogP contribution in [0.3, 0.4) is 0 Å². The van der Waals surface area contributed by atoms with E-state index in [1.54, 1.807) is 0 Å². The largest absolute Gasteiger partial charge is 0.291 e. The number of para-hydroxylation sites is 2. The molecule has 0 radical (unpaired) electrons. The third kappa shape index (κ3) is 1.83. The molecule has 5 aromatic rings. The molecule has 3 nitrogen and oxygen atoms in total. The van der Waals surface area contributed by atoms with Gasteiger partial charge in [-0.1, -0.05) is 48.5 Å². The van der Waals surface area contributed by atoms with Gasteiger partial charge in [0.1, 0.15) is 5.69 Å². The highest BCUT2D eigenvalue weighted by Crippen LogP contribution is 2.25. The van der Waals surface area contributed by atoms with Crippen molar-refractivity contribution in [1.29, 1.82) is 0 Å². The van der Waals surface area contributed by atoms with Crippen molar-refractivity contribution in [1.82, 2.24) is 14.4 Å². The molecule has 5 rings (SSSR count). The molecule has 0 aliphatic carbocycles. The fourth-order valence-corrected chi connectivity index (χ4v) is 3.11. The fraction of sp³-hybridized carbons (Fsp3) is 0.